The van der Waals surface area contributed by atoms with E-state index in [1.54, 1.807) is 11.8 Å². The lowest BCUT2D eigenvalue weighted by Crippen LogP contribution is -2.31. The maximum Gasteiger partial charge on any atom is 0.436 e. The largest absolute Gasteiger partial charge is 0.478 e. The van der Waals surface area contributed by atoms with Gasteiger partial charge in [-0.3, -0.25) is 9.18 Å². The summed E-state index contributed by atoms with van der Waals surface area (Å²) in [5, 5.41) is 15.4. The predicted octanol–water partition coefficient (Wildman–Crippen LogP) is 5.01. The number of carbonyl (C=O) groups excluding carboxylic acids is 1. The number of aryl methyl sites for hydroxylation is 1. The number of carboxylic acid groups (broad SMARTS) is 1. The average Bonchev–Trinajstić information content (AvgIpc) is 3.44. The van der Waals surface area contributed by atoms with Gasteiger partial charge in [0, 0.05) is 13.1 Å². The van der Waals surface area contributed by atoms with Gasteiger partial charge < -0.3 is 15.3 Å². The summed E-state index contributed by atoms with van der Waals surface area (Å²) in [5.74, 6) is -1.93. The van der Waals surface area contributed by atoms with Gasteiger partial charge in [0.15, 0.2) is 5.69 Å². The van der Waals surface area contributed by atoms with Crippen LogP contribution in [0.4, 0.5) is 23.4 Å². The molecular weight excluding hydrogens is 492 g/mol. The minimum absolute atomic E-state index is 0.0576. The number of amides is 1. The number of nitrogens with zero attached hydrogens (tertiary/aromatic N) is 3. The highest BCUT2D eigenvalue weighted by Crippen LogP contribution is 2.38. The number of benzene rings is 2. The summed E-state index contributed by atoms with van der Waals surface area (Å²) < 4.78 is 55.3. The van der Waals surface area contributed by atoms with E-state index in [1.807, 2.05) is 24.3 Å². The first-order valence-electron chi connectivity index (χ1n) is 11.8. The molecule has 1 aromatic heterocycles. The molecule has 196 valence electrons. The van der Waals surface area contributed by atoms with Gasteiger partial charge >= 0.3 is 12.1 Å². The van der Waals surface area contributed by atoms with Gasteiger partial charge in [0.25, 0.3) is 5.91 Å². The molecule has 11 heteroatoms. The highest BCUT2D eigenvalue weighted by Gasteiger charge is 2.44. The molecule has 1 unspecified atom stereocenters. The molecule has 37 heavy (non-hydrogen) atoms. The number of hydrogen-bond donors (Lipinski definition) is 2. The Bertz CT molecular complexity index is 1270. The van der Waals surface area contributed by atoms with Crippen LogP contribution in [0.1, 0.15) is 62.5 Å². The second kappa shape index (κ2) is 10.6. The number of rotatable bonds is 9. The van der Waals surface area contributed by atoms with Crippen LogP contribution >= 0.6 is 0 Å². The molecule has 4 rings (SSSR count). The smallest absolute Gasteiger partial charge is 0.436 e. The number of nitrogens with one attached hydrogen (secondary N) is 1. The summed E-state index contributed by atoms with van der Waals surface area (Å²) in [6, 6.07) is 12.5. The second-order valence-electron chi connectivity index (χ2n) is 8.92. The second-order valence-corrected chi connectivity index (χ2v) is 8.92. The minimum atomic E-state index is -4.83. The van der Waals surface area contributed by atoms with Crippen LogP contribution in [-0.4, -0.2) is 40.0 Å². The molecule has 0 fully saturated rings. The summed E-state index contributed by atoms with van der Waals surface area (Å²) in [5.41, 5.74) is 0.615. The van der Waals surface area contributed by atoms with Crippen molar-refractivity contribution in [2.45, 2.75) is 45.1 Å². The van der Waals surface area contributed by atoms with Crippen LogP contribution in [0.3, 0.4) is 0 Å². The first-order chi connectivity index (χ1) is 17.6. The SMILES string of the molecule is CC(NC(=O)c1c(C(F)(F)F)nn2c1N(Cc1ccc(CCCF)cc1)CC2)c1ccc(C(=O)O)cc1. The molecule has 2 N–H and O–H groups in total. The number of fused-ring (bicyclic) bond motifs is 1. The number of aromatic carboxylic acids is 1. The third-order valence-electron chi connectivity index (χ3n) is 6.30. The molecule has 0 spiro atoms. The van der Waals surface area contributed by atoms with Crippen LogP contribution in [0.2, 0.25) is 0 Å². The summed E-state index contributed by atoms with van der Waals surface area (Å²) in [6.07, 6.45) is -3.81. The van der Waals surface area contributed by atoms with E-state index in [1.165, 1.54) is 28.9 Å². The Labute approximate surface area is 210 Å². The van der Waals surface area contributed by atoms with E-state index in [0.717, 1.165) is 11.1 Å². The zero-order chi connectivity index (χ0) is 26.7. The summed E-state index contributed by atoms with van der Waals surface area (Å²) >= 11 is 0. The molecule has 1 atom stereocenters. The molecule has 7 nitrogen and oxygen atoms in total. The van der Waals surface area contributed by atoms with Crippen LogP contribution in [0.5, 0.6) is 0 Å². The zero-order valence-electron chi connectivity index (χ0n) is 20.1. The van der Waals surface area contributed by atoms with E-state index in [4.69, 9.17) is 5.11 Å². The Morgan fingerprint density at radius 2 is 1.70 bits per heavy atom. The fraction of sp³-hybridized carbons (Fsp3) is 0.346. The molecule has 0 saturated carbocycles. The van der Waals surface area contributed by atoms with E-state index in [9.17, 15) is 27.2 Å². The van der Waals surface area contributed by atoms with Gasteiger partial charge in [0.1, 0.15) is 11.4 Å². The first kappa shape index (κ1) is 26.2. The Morgan fingerprint density at radius 1 is 1.05 bits per heavy atom. The quantitative estimate of drug-likeness (QED) is 0.389. The maximum absolute atomic E-state index is 13.9. The number of aromatic nitrogens is 2. The number of alkyl halides is 4. The molecule has 0 saturated heterocycles. The monoisotopic (exact) mass is 518 g/mol. The fourth-order valence-corrected chi connectivity index (χ4v) is 4.38. The van der Waals surface area contributed by atoms with Crippen molar-refractivity contribution in [3.8, 4) is 0 Å². The molecule has 0 bridgehead atoms. The van der Waals surface area contributed by atoms with Gasteiger partial charge in [-0.25, -0.2) is 9.48 Å². The van der Waals surface area contributed by atoms with Crippen molar-refractivity contribution in [3.63, 3.8) is 0 Å². The molecule has 0 radical (unpaired) electrons. The van der Waals surface area contributed by atoms with Crippen molar-refractivity contribution >= 4 is 17.7 Å². The first-order valence-corrected chi connectivity index (χ1v) is 11.8. The molecule has 1 amide bonds. The third-order valence-corrected chi connectivity index (χ3v) is 6.30. The summed E-state index contributed by atoms with van der Waals surface area (Å²) in [6.45, 7) is 2.06. The predicted molar refractivity (Wildman–Crippen MR) is 128 cm³/mol. The van der Waals surface area contributed by atoms with Crippen molar-refractivity contribution in [1.82, 2.24) is 15.1 Å². The Kier molecular flexibility index (Phi) is 7.51. The van der Waals surface area contributed by atoms with E-state index in [-0.39, 0.29) is 24.5 Å². The van der Waals surface area contributed by atoms with Gasteiger partial charge in [-0.1, -0.05) is 36.4 Å². The zero-order valence-corrected chi connectivity index (χ0v) is 20.1. The van der Waals surface area contributed by atoms with Crippen LogP contribution < -0.4 is 10.2 Å². The van der Waals surface area contributed by atoms with Crippen molar-refractivity contribution in [2.24, 2.45) is 0 Å². The average molecular weight is 519 g/mol. The molecule has 2 aromatic carbocycles. The van der Waals surface area contributed by atoms with Crippen molar-refractivity contribution < 1.29 is 32.3 Å². The number of hydrogen-bond acceptors (Lipinski definition) is 4. The van der Waals surface area contributed by atoms with Crippen LogP contribution in [0.15, 0.2) is 48.5 Å². The standard InChI is InChI=1S/C26H26F4N4O3/c1-16(19-8-10-20(11-9-19)25(36)37)31-23(35)21-22(26(28,29)30)32-34-14-13-33(24(21)34)15-18-6-4-17(5-7-18)3-2-12-27/h4-11,16H,2-3,12-15H2,1H3,(H,31,35)(H,36,37). The lowest BCUT2D eigenvalue weighted by molar-refractivity contribution is -0.141. The summed E-state index contributed by atoms with van der Waals surface area (Å²) in [7, 11) is 0. The van der Waals surface area contributed by atoms with E-state index >= 15 is 0 Å². The van der Waals surface area contributed by atoms with Gasteiger partial charge in [-0.15, -0.1) is 0 Å². The lowest BCUT2D eigenvalue weighted by atomic mass is 10.1. The number of anilines is 1. The van der Waals surface area contributed by atoms with Gasteiger partial charge in [-0.05, 0) is 48.6 Å². The number of carboxylic acids is 1. The number of halogens is 4. The highest BCUT2D eigenvalue weighted by molar-refractivity contribution is 6.01. The van der Waals surface area contributed by atoms with Crippen LogP contribution in [0.25, 0.3) is 0 Å². The molecule has 0 aliphatic carbocycles. The number of carbonyl (C=O) groups is 2. The van der Waals surface area contributed by atoms with Gasteiger partial charge in [0.2, 0.25) is 0 Å². The fourth-order valence-electron chi connectivity index (χ4n) is 4.38. The Morgan fingerprint density at radius 3 is 2.30 bits per heavy atom. The lowest BCUT2D eigenvalue weighted by Gasteiger charge is -2.21. The summed E-state index contributed by atoms with van der Waals surface area (Å²) in [4.78, 5) is 26.0. The molecular formula is C26H26F4N4O3. The van der Waals surface area contributed by atoms with E-state index < -0.39 is 42.0 Å². The van der Waals surface area contributed by atoms with E-state index in [0.29, 0.717) is 24.9 Å². The molecule has 1 aliphatic rings. The molecule has 2 heterocycles. The van der Waals surface area contributed by atoms with E-state index in [2.05, 4.69) is 10.4 Å². The maximum atomic E-state index is 13.9. The molecule has 3 aromatic rings. The van der Waals surface area contributed by atoms with Gasteiger partial charge in [-0.2, -0.15) is 18.3 Å². The highest BCUT2D eigenvalue weighted by atomic mass is 19.4. The minimum Gasteiger partial charge on any atom is -0.478 e. The van der Waals surface area contributed by atoms with Crippen LogP contribution in [-0.2, 0) is 25.7 Å². The van der Waals surface area contributed by atoms with Crippen LogP contribution in [0, 0.1) is 0 Å². The Balaban J connectivity index is 1.59. The topological polar surface area (TPSA) is 87.5 Å². The Hall–Kier alpha value is -3.89. The van der Waals surface area contributed by atoms with Crippen molar-refractivity contribution in [2.75, 3.05) is 18.1 Å². The normalized spacial score (nSPS) is 13.9. The van der Waals surface area contributed by atoms with Crippen molar-refractivity contribution in [3.05, 3.63) is 82.0 Å². The molecule has 1 aliphatic heterocycles. The van der Waals surface area contributed by atoms with Crippen molar-refractivity contribution in [1.29, 1.82) is 0 Å². The third kappa shape index (κ3) is 5.76. The van der Waals surface area contributed by atoms with Gasteiger partial charge in [0.05, 0.1) is 24.8 Å².